The number of ether oxygens (including phenoxy) is 2. The fourth-order valence-electron chi connectivity index (χ4n) is 3.14. The normalized spacial score (nSPS) is 15.6. The van der Waals surface area contributed by atoms with Crippen molar-refractivity contribution in [2.75, 3.05) is 13.1 Å². The SMILES string of the molecule is Cc1ccc(O)c(OC2CCN(C(=O)OC(C)(C)C)CC2)c1-c1ncc[nH]1. The highest BCUT2D eigenvalue weighted by atomic mass is 16.6. The number of hydrogen-bond acceptors (Lipinski definition) is 5. The molecule has 146 valence electrons. The van der Waals surface area contributed by atoms with Crippen molar-refractivity contribution >= 4 is 6.09 Å². The Labute approximate surface area is 159 Å². The molecule has 3 rings (SSSR count). The van der Waals surface area contributed by atoms with Gasteiger partial charge in [0.25, 0.3) is 0 Å². The number of benzene rings is 1. The van der Waals surface area contributed by atoms with Crippen LogP contribution in [-0.4, -0.2) is 50.9 Å². The van der Waals surface area contributed by atoms with Crippen LogP contribution in [0.2, 0.25) is 0 Å². The Morgan fingerprint density at radius 1 is 1.30 bits per heavy atom. The minimum atomic E-state index is -0.504. The van der Waals surface area contributed by atoms with E-state index in [9.17, 15) is 9.90 Å². The van der Waals surface area contributed by atoms with Crippen molar-refractivity contribution < 1.29 is 19.4 Å². The number of aromatic amines is 1. The first-order valence-electron chi connectivity index (χ1n) is 9.21. The van der Waals surface area contributed by atoms with E-state index in [2.05, 4.69) is 9.97 Å². The quantitative estimate of drug-likeness (QED) is 0.853. The molecule has 0 spiro atoms. The summed E-state index contributed by atoms with van der Waals surface area (Å²) in [5.74, 6) is 1.17. The maximum Gasteiger partial charge on any atom is 0.410 e. The molecule has 1 amide bonds. The van der Waals surface area contributed by atoms with Crippen molar-refractivity contribution in [2.45, 2.75) is 52.2 Å². The number of H-pyrrole nitrogens is 1. The predicted molar refractivity (Wildman–Crippen MR) is 102 cm³/mol. The van der Waals surface area contributed by atoms with Crippen LogP contribution in [0.5, 0.6) is 11.5 Å². The average molecular weight is 373 g/mol. The van der Waals surface area contributed by atoms with Crippen LogP contribution in [0.4, 0.5) is 4.79 Å². The number of nitrogens with zero attached hydrogens (tertiary/aromatic N) is 2. The number of likely N-dealkylation sites (tertiary alicyclic amines) is 1. The second-order valence-electron chi connectivity index (χ2n) is 7.83. The summed E-state index contributed by atoms with van der Waals surface area (Å²) in [6.07, 6.45) is 4.36. The summed E-state index contributed by atoms with van der Waals surface area (Å²) in [6.45, 7) is 8.64. The highest BCUT2D eigenvalue weighted by Crippen LogP contribution is 2.40. The first-order chi connectivity index (χ1) is 12.7. The molecule has 2 heterocycles. The number of amides is 1. The van der Waals surface area contributed by atoms with Gasteiger partial charge in [-0.15, -0.1) is 0 Å². The van der Waals surface area contributed by atoms with Crippen molar-refractivity contribution in [3.63, 3.8) is 0 Å². The van der Waals surface area contributed by atoms with Crippen LogP contribution in [0, 0.1) is 6.92 Å². The van der Waals surface area contributed by atoms with Crippen LogP contribution in [0.15, 0.2) is 24.5 Å². The van der Waals surface area contributed by atoms with Crippen molar-refractivity contribution in [3.8, 4) is 22.9 Å². The van der Waals surface area contributed by atoms with E-state index in [-0.39, 0.29) is 17.9 Å². The average Bonchev–Trinajstić information content (AvgIpc) is 3.11. The maximum absolute atomic E-state index is 12.2. The number of phenols is 1. The van der Waals surface area contributed by atoms with Gasteiger partial charge in [0.1, 0.15) is 17.5 Å². The Bertz CT molecular complexity index is 788. The fraction of sp³-hybridized carbons (Fsp3) is 0.500. The summed E-state index contributed by atoms with van der Waals surface area (Å²) in [6, 6.07) is 3.47. The molecule has 0 radical (unpaired) electrons. The lowest BCUT2D eigenvalue weighted by Crippen LogP contribution is -2.44. The number of hydrogen-bond donors (Lipinski definition) is 2. The number of aromatic nitrogens is 2. The zero-order chi connectivity index (χ0) is 19.6. The Morgan fingerprint density at radius 3 is 2.59 bits per heavy atom. The van der Waals surface area contributed by atoms with Crippen LogP contribution in [-0.2, 0) is 4.74 Å². The molecule has 2 aromatic rings. The second kappa shape index (κ2) is 7.50. The van der Waals surface area contributed by atoms with E-state index in [1.165, 1.54) is 0 Å². The van der Waals surface area contributed by atoms with Crippen LogP contribution in [0.3, 0.4) is 0 Å². The van der Waals surface area contributed by atoms with Gasteiger partial charge in [-0.25, -0.2) is 9.78 Å². The molecule has 1 fully saturated rings. The van der Waals surface area contributed by atoms with E-state index >= 15 is 0 Å². The molecule has 1 aliphatic rings. The number of phenolic OH excluding ortho intramolecular Hbond substituents is 1. The molecule has 0 atom stereocenters. The van der Waals surface area contributed by atoms with Crippen molar-refractivity contribution in [2.24, 2.45) is 0 Å². The minimum Gasteiger partial charge on any atom is -0.504 e. The zero-order valence-corrected chi connectivity index (χ0v) is 16.3. The highest BCUT2D eigenvalue weighted by Gasteiger charge is 2.29. The Balaban J connectivity index is 1.70. The molecule has 0 aliphatic carbocycles. The number of aryl methyl sites for hydroxylation is 1. The van der Waals surface area contributed by atoms with Crippen LogP contribution in [0.25, 0.3) is 11.4 Å². The standard InChI is InChI=1S/C20H27N3O4/c1-13-5-6-15(24)17(16(13)18-21-9-10-22-18)26-14-7-11-23(12-8-14)19(25)27-20(2,3)4/h5-6,9-10,14,24H,7-8,11-12H2,1-4H3,(H,21,22). The van der Waals surface area contributed by atoms with Gasteiger partial charge < -0.3 is 24.5 Å². The largest absolute Gasteiger partial charge is 0.504 e. The zero-order valence-electron chi connectivity index (χ0n) is 16.3. The Hall–Kier alpha value is -2.70. The maximum atomic E-state index is 12.2. The third-order valence-electron chi connectivity index (χ3n) is 4.46. The van der Waals surface area contributed by atoms with Crippen molar-refractivity contribution in [1.82, 2.24) is 14.9 Å². The molecule has 7 nitrogen and oxygen atoms in total. The van der Waals surface area contributed by atoms with Gasteiger partial charge in [0.15, 0.2) is 11.5 Å². The number of aromatic hydroxyl groups is 1. The summed E-state index contributed by atoms with van der Waals surface area (Å²) in [5, 5.41) is 10.4. The van der Waals surface area contributed by atoms with Crippen molar-refractivity contribution in [1.29, 1.82) is 0 Å². The lowest BCUT2D eigenvalue weighted by atomic mass is 10.0. The summed E-state index contributed by atoms with van der Waals surface area (Å²) in [4.78, 5) is 21.3. The van der Waals surface area contributed by atoms with E-state index < -0.39 is 5.60 Å². The summed E-state index contributed by atoms with van der Waals surface area (Å²) >= 11 is 0. The minimum absolute atomic E-state index is 0.0848. The number of carbonyl (C=O) groups is 1. The molecule has 7 heteroatoms. The Morgan fingerprint density at radius 2 is 2.00 bits per heavy atom. The predicted octanol–water partition coefficient (Wildman–Crippen LogP) is 3.87. The fourth-order valence-corrected chi connectivity index (χ4v) is 3.14. The number of nitrogens with one attached hydrogen (secondary N) is 1. The number of imidazole rings is 1. The Kier molecular flexibility index (Phi) is 5.30. The molecule has 1 aromatic heterocycles. The van der Waals surface area contributed by atoms with E-state index in [1.807, 2.05) is 33.8 Å². The van der Waals surface area contributed by atoms with Gasteiger partial charge in [-0.3, -0.25) is 0 Å². The van der Waals surface area contributed by atoms with Gasteiger partial charge in [0.2, 0.25) is 0 Å². The molecule has 0 bridgehead atoms. The molecule has 1 aromatic carbocycles. The van der Waals surface area contributed by atoms with E-state index in [0.717, 1.165) is 11.1 Å². The second-order valence-corrected chi connectivity index (χ2v) is 7.83. The summed E-state index contributed by atoms with van der Waals surface area (Å²) in [5.41, 5.74) is 1.22. The summed E-state index contributed by atoms with van der Waals surface area (Å²) < 4.78 is 11.6. The lowest BCUT2D eigenvalue weighted by molar-refractivity contribution is 0.0125. The molecule has 27 heavy (non-hydrogen) atoms. The molecular weight excluding hydrogens is 346 g/mol. The van der Waals surface area contributed by atoms with Crippen molar-refractivity contribution in [3.05, 3.63) is 30.1 Å². The molecular formula is C20H27N3O4. The number of piperidine rings is 1. The molecule has 0 saturated carbocycles. The summed E-state index contributed by atoms with van der Waals surface area (Å²) in [7, 11) is 0. The molecule has 1 aliphatic heterocycles. The highest BCUT2D eigenvalue weighted by molar-refractivity contribution is 5.72. The van der Waals surface area contributed by atoms with Crippen LogP contribution in [0.1, 0.15) is 39.2 Å². The molecule has 1 saturated heterocycles. The monoisotopic (exact) mass is 373 g/mol. The number of carbonyl (C=O) groups excluding carboxylic acids is 1. The first-order valence-corrected chi connectivity index (χ1v) is 9.21. The van der Waals surface area contributed by atoms with Crippen LogP contribution < -0.4 is 4.74 Å². The third-order valence-corrected chi connectivity index (χ3v) is 4.46. The van der Waals surface area contributed by atoms with Gasteiger partial charge in [-0.05, 0) is 39.3 Å². The lowest BCUT2D eigenvalue weighted by Gasteiger charge is -2.33. The molecule has 2 N–H and O–H groups in total. The third kappa shape index (κ3) is 4.53. The van der Waals surface area contributed by atoms with Gasteiger partial charge in [-0.1, -0.05) is 6.07 Å². The van der Waals surface area contributed by atoms with E-state index in [1.54, 1.807) is 23.4 Å². The van der Waals surface area contributed by atoms with Gasteiger partial charge in [0, 0.05) is 38.3 Å². The first kappa shape index (κ1) is 19.1. The van der Waals surface area contributed by atoms with Gasteiger partial charge in [-0.2, -0.15) is 0 Å². The number of rotatable bonds is 3. The van der Waals surface area contributed by atoms with E-state index in [0.29, 0.717) is 37.5 Å². The van der Waals surface area contributed by atoms with E-state index in [4.69, 9.17) is 9.47 Å². The molecule has 0 unspecified atom stereocenters. The smallest absolute Gasteiger partial charge is 0.410 e. The topological polar surface area (TPSA) is 87.7 Å². The van der Waals surface area contributed by atoms with Gasteiger partial charge >= 0.3 is 6.09 Å². The van der Waals surface area contributed by atoms with Crippen LogP contribution >= 0.6 is 0 Å². The van der Waals surface area contributed by atoms with Gasteiger partial charge in [0.05, 0.1) is 5.56 Å².